The van der Waals surface area contributed by atoms with Gasteiger partial charge in [0, 0.05) is 35.5 Å². The fourth-order valence-electron chi connectivity index (χ4n) is 2.91. The van der Waals surface area contributed by atoms with Crippen LogP contribution in [0.1, 0.15) is 11.1 Å². The molecule has 8 heteroatoms. The van der Waals surface area contributed by atoms with Crippen molar-refractivity contribution < 1.29 is 4.79 Å². The van der Waals surface area contributed by atoms with E-state index in [-0.39, 0.29) is 6.03 Å². The second-order valence-corrected chi connectivity index (χ2v) is 6.76. The molecule has 4 rings (SSSR count). The summed E-state index contributed by atoms with van der Waals surface area (Å²) < 4.78 is 1.80. The van der Waals surface area contributed by atoms with Gasteiger partial charge in [0.15, 0.2) is 0 Å². The highest BCUT2D eigenvalue weighted by Gasteiger charge is 2.07. The molecule has 8 nitrogen and oxygen atoms in total. The first-order valence-corrected chi connectivity index (χ1v) is 9.40. The van der Waals surface area contributed by atoms with Crippen molar-refractivity contribution in [3.05, 3.63) is 84.7 Å². The molecule has 0 aliphatic rings. The molecule has 0 aliphatic carbocycles. The van der Waals surface area contributed by atoms with E-state index in [9.17, 15) is 4.79 Å². The Morgan fingerprint density at radius 3 is 2.53 bits per heavy atom. The molecule has 4 aromatic rings. The molecule has 2 aromatic heterocycles. The van der Waals surface area contributed by atoms with Crippen molar-refractivity contribution in [2.24, 2.45) is 0 Å². The highest BCUT2D eigenvalue weighted by molar-refractivity contribution is 6.00. The smallest absolute Gasteiger partial charge is 0.323 e. The third-order valence-corrected chi connectivity index (χ3v) is 4.69. The Kier molecular flexibility index (Phi) is 5.38. The van der Waals surface area contributed by atoms with Gasteiger partial charge >= 0.3 is 6.03 Å². The molecule has 0 aliphatic heterocycles. The van der Waals surface area contributed by atoms with Gasteiger partial charge in [-0.05, 0) is 55.3 Å². The van der Waals surface area contributed by atoms with Gasteiger partial charge in [0.2, 0.25) is 0 Å². The van der Waals surface area contributed by atoms with Gasteiger partial charge in [0.1, 0.15) is 24.3 Å². The van der Waals surface area contributed by atoms with E-state index in [1.807, 2.05) is 68.6 Å². The van der Waals surface area contributed by atoms with Gasteiger partial charge in [-0.3, -0.25) is 4.57 Å². The van der Waals surface area contributed by atoms with E-state index in [0.717, 1.165) is 22.5 Å². The fraction of sp³-hybridized carbons (Fsp3) is 0.0909. The number of nitrogens with zero attached hydrogens (tertiary/aromatic N) is 4. The predicted octanol–water partition coefficient (Wildman–Crippen LogP) is 4.67. The highest BCUT2D eigenvalue weighted by atomic mass is 16.2. The van der Waals surface area contributed by atoms with Crippen LogP contribution in [0.25, 0.3) is 5.82 Å². The molecule has 2 amide bonds. The average Bonchev–Trinajstić information content (AvgIpc) is 3.28. The quantitative estimate of drug-likeness (QED) is 0.453. The number of carbonyl (C=O) groups excluding carboxylic acids is 1. The van der Waals surface area contributed by atoms with Crippen molar-refractivity contribution in [2.75, 3.05) is 16.0 Å². The van der Waals surface area contributed by atoms with E-state index in [0.29, 0.717) is 17.3 Å². The van der Waals surface area contributed by atoms with E-state index in [2.05, 4.69) is 30.9 Å². The Labute approximate surface area is 174 Å². The third-order valence-electron chi connectivity index (χ3n) is 4.69. The first-order valence-electron chi connectivity index (χ1n) is 9.40. The van der Waals surface area contributed by atoms with Crippen molar-refractivity contribution in [1.29, 1.82) is 0 Å². The van der Waals surface area contributed by atoms with Gasteiger partial charge in [-0.25, -0.2) is 19.7 Å². The van der Waals surface area contributed by atoms with Crippen molar-refractivity contribution >= 4 is 28.9 Å². The molecule has 0 bridgehead atoms. The molecule has 0 saturated carbocycles. The van der Waals surface area contributed by atoms with Crippen molar-refractivity contribution in [2.45, 2.75) is 13.8 Å². The molecular weight excluding hydrogens is 378 g/mol. The lowest BCUT2D eigenvalue weighted by molar-refractivity contribution is 0.262. The molecule has 0 saturated heterocycles. The molecule has 30 heavy (non-hydrogen) atoms. The predicted molar refractivity (Wildman–Crippen MR) is 117 cm³/mol. The van der Waals surface area contributed by atoms with Crippen LogP contribution in [0.3, 0.4) is 0 Å². The topological polar surface area (TPSA) is 96.8 Å². The van der Waals surface area contributed by atoms with Crippen LogP contribution in [0.2, 0.25) is 0 Å². The van der Waals surface area contributed by atoms with Gasteiger partial charge in [-0.2, -0.15) is 0 Å². The number of benzene rings is 2. The normalized spacial score (nSPS) is 10.5. The molecular formula is C22H21N7O. The number of amides is 2. The molecule has 3 N–H and O–H groups in total. The first kappa shape index (κ1) is 19.1. The van der Waals surface area contributed by atoms with E-state index in [4.69, 9.17) is 0 Å². The van der Waals surface area contributed by atoms with Crippen LogP contribution < -0.4 is 16.0 Å². The molecule has 0 unspecified atom stereocenters. The van der Waals surface area contributed by atoms with Crippen LogP contribution in [0.4, 0.5) is 27.7 Å². The average molecular weight is 399 g/mol. The maximum atomic E-state index is 12.3. The van der Waals surface area contributed by atoms with Crippen LogP contribution in [-0.2, 0) is 0 Å². The number of hydrogen-bond donors (Lipinski definition) is 3. The van der Waals surface area contributed by atoms with Gasteiger partial charge < -0.3 is 16.0 Å². The lowest BCUT2D eigenvalue weighted by Gasteiger charge is -2.12. The second kappa shape index (κ2) is 8.44. The number of hydrogen-bond acceptors (Lipinski definition) is 5. The van der Waals surface area contributed by atoms with E-state index < -0.39 is 0 Å². The molecule has 0 atom stereocenters. The highest BCUT2D eigenvalue weighted by Crippen LogP contribution is 2.20. The number of aromatic nitrogens is 4. The Hall–Kier alpha value is -4.20. The summed E-state index contributed by atoms with van der Waals surface area (Å²) >= 11 is 0. The Morgan fingerprint density at radius 2 is 1.77 bits per heavy atom. The number of aryl methyl sites for hydroxylation is 1. The van der Waals surface area contributed by atoms with Gasteiger partial charge in [0.05, 0.1) is 0 Å². The summed E-state index contributed by atoms with van der Waals surface area (Å²) in [5.41, 5.74) is 4.50. The molecule has 0 radical (unpaired) electrons. The Bertz CT molecular complexity index is 1150. The number of imidazole rings is 1. The van der Waals surface area contributed by atoms with Crippen molar-refractivity contribution in [1.82, 2.24) is 19.5 Å². The minimum atomic E-state index is -0.287. The zero-order chi connectivity index (χ0) is 20.9. The number of carbonyl (C=O) groups is 1. The van der Waals surface area contributed by atoms with Crippen molar-refractivity contribution in [3.63, 3.8) is 0 Å². The van der Waals surface area contributed by atoms with E-state index in [1.165, 1.54) is 6.33 Å². The molecule has 0 fully saturated rings. The molecule has 0 spiro atoms. The van der Waals surface area contributed by atoms with Crippen molar-refractivity contribution in [3.8, 4) is 5.82 Å². The minimum absolute atomic E-state index is 0.287. The SMILES string of the molecule is Cc1cccc(NC(=O)Nc2ccc(Nc3cc(-n4ccnc4)ncn3)cc2)c1C. The van der Waals surface area contributed by atoms with E-state index >= 15 is 0 Å². The number of anilines is 4. The number of rotatable bonds is 5. The summed E-state index contributed by atoms with van der Waals surface area (Å²) in [4.78, 5) is 24.8. The number of nitrogens with one attached hydrogen (secondary N) is 3. The Balaban J connectivity index is 1.39. The molecule has 2 aromatic carbocycles. The monoisotopic (exact) mass is 399 g/mol. The van der Waals surface area contributed by atoms with Gasteiger partial charge in [-0.15, -0.1) is 0 Å². The van der Waals surface area contributed by atoms with Crippen LogP contribution in [0, 0.1) is 13.8 Å². The molecule has 150 valence electrons. The lowest BCUT2D eigenvalue weighted by atomic mass is 10.1. The fourth-order valence-corrected chi connectivity index (χ4v) is 2.91. The molecule has 2 heterocycles. The zero-order valence-corrected chi connectivity index (χ0v) is 16.6. The largest absolute Gasteiger partial charge is 0.340 e. The first-order chi connectivity index (χ1) is 14.6. The van der Waals surface area contributed by atoms with Crippen LogP contribution in [0.15, 0.2) is 73.6 Å². The minimum Gasteiger partial charge on any atom is -0.340 e. The summed E-state index contributed by atoms with van der Waals surface area (Å²) in [6.07, 6.45) is 6.67. The number of urea groups is 1. The summed E-state index contributed by atoms with van der Waals surface area (Å²) in [5, 5.41) is 8.95. The maximum absolute atomic E-state index is 12.3. The standard InChI is InChI=1S/C22H21N7O/c1-15-4-3-5-19(16(15)2)28-22(30)27-18-8-6-17(7-9-18)26-20-12-21(25-13-24-20)29-11-10-23-14-29/h3-14H,1-2H3,(H,24,25,26)(H2,27,28,30). The lowest BCUT2D eigenvalue weighted by Crippen LogP contribution is -2.20. The zero-order valence-electron chi connectivity index (χ0n) is 16.6. The second-order valence-electron chi connectivity index (χ2n) is 6.76. The summed E-state index contributed by atoms with van der Waals surface area (Å²) in [7, 11) is 0. The van der Waals surface area contributed by atoms with Gasteiger partial charge in [-0.1, -0.05) is 12.1 Å². The third kappa shape index (κ3) is 4.44. The summed E-state index contributed by atoms with van der Waals surface area (Å²) in [6, 6.07) is 14.7. The van der Waals surface area contributed by atoms with Crippen LogP contribution >= 0.6 is 0 Å². The summed E-state index contributed by atoms with van der Waals surface area (Å²) in [5.74, 6) is 1.37. The van der Waals surface area contributed by atoms with Gasteiger partial charge in [0.25, 0.3) is 0 Å². The summed E-state index contributed by atoms with van der Waals surface area (Å²) in [6.45, 7) is 4.00. The van der Waals surface area contributed by atoms with E-state index in [1.54, 1.807) is 17.1 Å². The Morgan fingerprint density at radius 1 is 0.967 bits per heavy atom. The maximum Gasteiger partial charge on any atom is 0.323 e. The van der Waals surface area contributed by atoms with Crippen LogP contribution in [0.5, 0.6) is 0 Å². The van der Waals surface area contributed by atoms with Crippen LogP contribution in [-0.4, -0.2) is 25.6 Å².